The van der Waals surface area contributed by atoms with Crippen LogP contribution in [0.25, 0.3) is 0 Å². The van der Waals surface area contributed by atoms with Crippen molar-refractivity contribution < 1.29 is 15.0 Å². The summed E-state index contributed by atoms with van der Waals surface area (Å²) in [6.45, 7) is 0. The van der Waals surface area contributed by atoms with E-state index in [1.165, 1.54) is 24.6 Å². The summed E-state index contributed by atoms with van der Waals surface area (Å²) in [5.41, 5.74) is 0.370. The Hall–Kier alpha value is -1.23. The van der Waals surface area contributed by atoms with Gasteiger partial charge < -0.3 is 15.5 Å². The van der Waals surface area contributed by atoms with Gasteiger partial charge in [0.2, 0.25) is 0 Å². The van der Waals surface area contributed by atoms with E-state index in [1.54, 1.807) is 0 Å². The maximum Gasteiger partial charge on any atom is 0.251 e. The van der Waals surface area contributed by atoms with Gasteiger partial charge in [-0.05, 0) is 37.0 Å². The van der Waals surface area contributed by atoms with Gasteiger partial charge in [0.05, 0.1) is 0 Å². The summed E-state index contributed by atoms with van der Waals surface area (Å²) >= 11 is 3.49. The van der Waals surface area contributed by atoms with Crippen LogP contribution in [0, 0.1) is 5.92 Å². The van der Waals surface area contributed by atoms with Gasteiger partial charge in [-0.2, -0.15) is 0 Å². The highest BCUT2D eigenvalue weighted by atomic mass is 79.9. The Labute approximate surface area is 121 Å². The molecule has 0 aromatic heterocycles. The van der Waals surface area contributed by atoms with Crippen LogP contribution >= 0.6 is 15.9 Å². The number of amides is 1. The second-order valence-electron chi connectivity index (χ2n) is 4.98. The van der Waals surface area contributed by atoms with Gasteiger partial charge in [0.15, 0.2) is 11.5 Å². The smallest absolute Gasteiger partial charge is 0.251 e. The first-order chi connectivity index (χ1) is 9.11. The molecule has 104 valence electrons. The lowest BCUT2D eigenvalue weighted by atomic mass is 9.86. The van der Waals surface area contributed by atoms with Crippen LogP contribution in [-0.2, 0) is 0 Å². The molecule has 0 bridgehead atoms. The first-order valence-electron chi connectivity index (χ1n) is 6.50. The Kier molecular flexibility index (Phi) is 4.69. The molecule has 1 fully saturated rings. The molecule has 0 heterocycles. The molecule has 1 aromatic rings. The SMILES string of the molecule is O=C(NC1CCCCC1CBr)c1ccc(O)c(O)c1. The van der Waals surface area contributed by atoms with E-state index in [9.17, 15) is 15.0 Å². The molecule has 1 aliphatic rings. The van der Waals surface area contributed by atoms with Crippen LogP contribution in [0.3, 0.4) is 0 Å². The third kappa shape index (κ3) is 3.41. The molecule has 1 aromatic carbocycles. The molecular weight excluding hydrogens is 310 g/mol. The van der Waals surface area contributed by atoms with Crippen LogP contribution in [0.15, 0.2) is 18.2 Å². The van der Waals surface area contributed by atoms with Gasteiger partial charge in [0.25, 0.3) is 5.91 Å². The zero-order valence-corrected chi connectivity index (χ0v) is 12.2. The lowest BCUT2D eigenvalue weighted by Crippen LogP contribution is -2.42. The average Bonchev–Trinajstić information content (AvgIpc) is 2.42. The largest absolute Gasteiger partial charge is 0.504 e. The third-order valence-electron chi connectivity index (χ3n) is 3.66. The number of aromatic hydroxyl groups is 2. The van der Waals surface area contributed by atoms with Crippen LogP contribution in [-0.4, -0.2) is 27.5 Å². The number of phenols is 2. The summed E-state index contributed by atoms with van der Waals surface area (Å²) < 4.78 is 0. The second-order valence-corrected chi connectivity index (χ2v) is 5.63. The molecule has 3 N–H and O–H groups in total. The highest BCUT2D eigenvalue weighted by Gasteiger charge is 2.26. The fourth-order valence-electron chi connectivity index (χ4n) is 2.50. The number of hydrogen-bond donors (Lipinski definition) is 3. The minimum Gasteiger partial charge on any atom is -0.504 e. The molecule has 19 heavy (non-hydrogen) atoms. The van der Waals surface area contributed by atoms with Crippen LogP contribution < -0.4 is 5.32 Å². The third-order valence-corrected chi connectivity index (χ3v) is 4.49. The standard InChI is InChI=1S/C14H18BrNO3/c15-8-10-3-1-2-4-11(10)16-14(19)9-5-6-12(17)13(18)7-9/h5-7,10-11,17-18H,1-4,8H2,(H,16,19). The van der Waals surface area contributed by atoms with Crippen molar-refractivity contribution in [1.82, 2.24) is 5.32 Å². The number of hydrogen-bond acceptors (Lipinski definition) is 3. The minimum absolute atomic E-state index is 0.177. The predicted molar refractivity (Wildman–Crippen MR) is 76.8 cm³/mol. The monoisotopic (exact) mass is 327 g/mol. The van der Waals surface area contributed by atoms with Gasteiger partial charge >= 0.3 is 0 Å². The summed E-state index contributed by atoms with van der Waals surface area (Å²) in [5.74, 6) is -0.225. The van der Waals surface area contributed by atoms with Crippen LogP contribution in [0.4, 0.5) is 0 Å². The summed E-state index contributed by atoms with van der Waals surface area (Å²) in [6.07, 6.45) is 4.46. The van der Waals surface area contributed by atoms with Crippen molar-refractivity contribution in [3.8, 4) is 11.5 Å². The molecule has 0 aliphatic heterocycles. The first kappa shape index (κ1) is 14.2. The Balaban J connectivity index is 2.05. The molecule has 5 heteroatoms. The molecular formula is C14H18BrNO3. The number of carbonyl (C=O) groups is 1. The number of phenolic OH excluding ortho intramolecular Hbond substituents is 2. The van der Waals surface area contributed by atoms with Gasteiger partial charge in [-0.25, -0.2) is 0 Å². The maximum absolute atomic E-state index is 12.1. The Morgan fingerprint density at radius 3 is 2.68 bits per heavy atom. The molecule has 1 saturated carbocycles. The number of alkyl halides is 1. The number of nitrogens with one attached hydrogen (secondary N) is 1. The van der Waals surface area contributed by atoms with Crippen molar-refractivity contribution in [2.24, 2.45) is 5.92 Å². The molecule has 2 unspecified atom stereocenters. The van der Waals surface area contributed by atoms with E-state index in [4.69, 9.17) is 0 Å². The Morgan fingerprint density at radius 2 is 2.00 bits per heavy atom. The lowest BCUT2D eigenvalue weighted by Gasteiger charge is -2.31. The van der Waals surface area contributed by atoms with E-state index in [2.05, 4.69) is 21.2 Å². The van der Waals surface area contributed by atoms with Gasteiger partial charge in [-0.3, -0.25) is 4.79 Å². The highest BCUT2D eigenvalue weighted by Crippen LogP contribution is 2.27. The zero-order chi connectivity index (χ0) is 13.8. The fourth-order valence-corrected chi connectivity index (χ4v) is 3.27. The molecule has 1 amide bonds. The normalized spacial score (nSPS) is 23.0. The van der Waals surface area contributed by atoms with Crippen LogP contribution in [0.2, 0.25) is 0 Å². The van der Waals surface area contributed by atoms with E-state index in [0.29, 0.717) is 11.5 Å². The van der Waals surface area contributed by atoms with E-state index >= 15 is 0 Å². The molecule has 2 rings (SSSR count). The van der Waals surface area contributed by atoms with Crippen molar-refractivity contribution >= 4 is 21.8 Å². The van der Waals surface area contributed by atoms with Crippen LogP contribution in [0.1, 0.15) is 36.0 Å². The van der Waals surface area contributed by atoms with E-state index < -0.39 is 0 Å². The zero-order valence-electron chi connectivity index (χ0n) is 10.6. The minimum atomic E-state index is -0.270. The fraction of sp³-hybridized carbons (Fsp3) is 0.500. The van der Waals surface area contributed by atoms with Gasteiger partial charge in [-0.15, -0.1) is 0 Å². The topological polar surface area (TPSA) is 69.6 Å². The maximum atomic E-state index is 12.1. The van der Waals surface area contributed by atoms with Gasteiger partial charge in [0.1, 0.15) is 0 Å². The summed E-state index contributed by atoms with van der Waals surface area (Å²) in [6, 6.07) is 4.30. The summed E-state index contributed by atoms with van der Waals surface area (Å²) in [4.78, 5) is 12.1. The van der Waals surface area contributed by atoms with Crippen molar-refractivity contribution in [3.05, 3.63) is 23.8 Å². The molecule has 2 atom stereocenters. The quantitative estimate of drug-likeness (QED) is 0.590. The van der Waals surface area contributed by atoms with Gasteiger partial charge in [0, 0.05) is 16.9 Å². The molecule has 1 aliphatic carbocycles. The predicted octanol–water partition coefficient (Wildman–Crippen LogP) is 2.78. The van der Waals surface area contributed by atoms with Crippen molar-refractivity contribution in [2.75, 3.05) is 5.33 Å². The molecule has 0 radical (unpaired) electrons. The van der Waals surface area contributed by atoms with E-state index in [-0.39, 0.29) is 23.4 Å². The molecule has 4 nitrogen and oxygen atoms in total. The number of carbonyl (C=O) groups excluding carboxylic acids is 1. The number of benzene rings is 1. The Morgan fingerprint density at radius 1 is 1.26 bits per heavy atom. The lowest BCUT2D eigenvalue weighted by molar-refractivity contribution is 0.0911. The first-order valence-corrected chi connectivity index (χ1v) is 7.62. The summed E-state index contributed by atoms with van der Waals surface area (Å²) in [7, 11) is 0. The second kappa shape index (κ2) is 6.28. The van der Waals surface area contributed by atoms with Crippen molar-refractivity contribution in [1.29, 1.82) is 0 Å². The highest BCUT2D eigenvalue weighted by molar-refractivity contribution is 9.09. The number of halogens is 1. The van der Waals surface area contributed by atoms with Crippen molar-refractivity contribution in [3.63, 3.8) is 0 Å². The van der Waals surface area contributed by atoms with Crippen molar-refractivity contribution in [2.45, 2.75) is 31.7 Å². The number of rotatable bonds is 3. The van der Waals surface area contributed by atoms with Gasteiger partial charge in [-0.1, -0.05) is 28.8 Å². The van der Waals surface area contributed by atoms with Crippen LogP contribution in [0.5, 0.6) is 11.5 Å². The average molecular weight is 328 g/mol. The molecule has 0 saturated heterocycles. The Bertz CT molecular complexity index is 464. The molecule has 0 spiro atoms. The van der Waals surface area contributed by atoms with E-state index in [0.717, 1.165) is 24.6 Å². The van der Waals surface area contributed by atoms with E-state index in [1.807, 2.05) is 0 Å². The summed E-state index contributed by atoms with van der Waals surface area (Å²) in [5, 5.41) is 22.6.